The summed E-state index contributed by atoms with van der Waals surface area (Å²) in [6.07, 6.45) is -1.43. The van der Waals surface area contributed by atoms with Crippen LogP contribution in [0.1, 0.15) is 24.5 Å². The first kappa shape index (κ1) is 17.1. The molecule has 4 heteroatoms. The van der Waals surface area contributed by atoms with E-state index >= 15 is 0 Å². The second-order valence-corrected chi connectivity index (χ2v) is 6.51. The number of aliphatic hydroxyl groups is 2. The minimum atomic E-state index is -1.13. The standard InChI is InChI=1S/C20H25NO3/c1-15-12-18(19(22)20(23)24-15)21(13-16-8-4-2-5-9-16)14-17-10-6-3-7-11-17/h2-11,15,18-20,22-23H,12-14H2,1H3/t15-,18+,19-,20+/m1/s1. The highest BCUT2D eigenvalue weighted by Gasteiger charge is 2.38. The van der Waals surface area contributed by atoms with Crippen molar-refractivity contribution < 1.29 is 14.9 Å². The molecule has 4 nitrogen and oxygen atoms in total. The summed E-state index contributed by atoms with van der Waals surface area (Å²) >= 11 is 0. The Hall–Kier alpha value is -1.72. The minimum absolute atomic E-state index is 0.0811. The molecular weight excluding hydrogens is 302 g/mol. The van der Waals surface area contributed by atoms with Crippen LogP contribution in [0.5, 0.6) is 0 Å². The monoisotopic (exact) mass is 327 g/mol. The fourth-order valence-corrected chi connectivity index (χ4v) is 3.33. The van der Waals surface area contributed by atoms with Crippen molar-refractivity contribution in [1.29, 1.82) is 0 Å². The van der Waals surface area contributed by atoms with Crippen molar-refractivity contribution in [3.63, 3.8) is 0 Å². The zero-order valence-corrected chi connectivity index (χ0v) is 14.0. The highest BCUT2D eigenvalue weighted by Crippen LogP contribution is 2.26. The normalized spacial score (nSPS) is 27.3. The Labute approximate surface area is 143 Å². The average molecular weight is 327 g/mol. The maximum atomic E-state index is 10.5. The van der Waals surface area contributed by atoms with Gasteiger partial charge in [0.2, 0.25) is 0 Å². The van der Waals surface area contributed by atoms with Crippen LogP contribution in [0.2, 0.25) is 0 Å². The summed E-state index contributed by atoms with van der Waals surface area (Å²) in [7, 11) is 0. The third kappa shape index (κ3) is 4.22. The second kappa shape index (κ2) is 7.90. The Morgan fingerprint density at radius 2 is 1.42 bits per heavy atom. The molecule has 128 valence electrons. The van der Waals surface area contributed by atoms with Crippen LogP contribution in [-0.4, -0.2) is 39.7 Å². The molecule has 4 atom stereocenters. The summed E-state index contributed by atoms with van der Waals surface area (Å²) in [5.41, 5.74) is 2.38. The Bertz CT molecular complexity index is 578. The van der Waals surface area contributed by atoms with Gasteiger partial charge in [0.15, 0.2) is 6.29 Å². The van der Waals surface area contributed by atoms with Crippen molar-refractivity contribution >= 4 is 0 Å². The van der Waals surface area contributed by atoms with Gasteiger partial charge in [0.1, 0.15) is 6.10 Å². The number of rotatable bonds is 5. The molecule has 0 bridgehead atoms. The molecule has 1 saturated heterocycles. The van der Waals surface area contributed by atoms with Gasteiger partial charge in [-0.1, -0.05) is 60.7 Å². The van der Waals surface area contributed by atoms with Crippen molar-refractivity contribution in [2.75, 3.05) is 0 Å². The van der Waals surface area contributed by atoms with E-state index in [0.29, 0.717) is 6.42 Å². The van der Waals surface area contributed by atoms with Crippen LogP contribution < -0.4 is 0 Å². The molecule has 2 aromatic carbocycles. The zero-order valence-electron chi connectivity index (χ0n) is 14.0. The van der Waals surface area contributed by atoms with Crippen molar-refractivity contribution in [2.45, 2.75) is 51.0 Å². The number of aliphatic hydroxyl groups excluding tert-OH is 2. The highest BCUT2D eigenvalue weighted by atomic mass is 16.6. The molecular formula is C20H25NO3. The summed E-state index contributed by atoms with van der Waals surface area (Å²) in [5.74, 6) is 0. The Morgan fingerprint density at radius 3 is 1.92 bits per heavy atom. The predicted molar refractivity (Wildman–Crippen MR) is 93.1 cm³/mol. The molecule has 2 N–H and O–H groups in total. The van der Waals surface area contributed by atoms with E-state index in [1.807, 2.05) is 43.3 Å². The molecule has 3 rings (SSSR count). The van der Waals surface area contributed by atoms with Gasteiger partial charge in [-0.15, -0.1) is 0 Å². The smallest absolute Gasteiger partial charge is 0.182 e. The van der Waals surface area contributed by atoms with Gasteiger partial charge in [0, 0.05) is 19.1 Å². The van der Waals surface area contributed by atoms with Crippen molar-refractivity contribution in [3.05, 3.63) is 71.8 Å². The number of benzene rings is 2. The molecule has 0 aliphatic carbocycles. The number of nitrogens with zero attached hydrogens (tertiary/aromatic N) is 1. The molecule has 1 heterocycles. The maximum absolute atomic E-state index is 10.5. The van der Waals surface area contributed by atoms with Gasteiger partial charge in [0.05, 0.1) is 6.10 Å². The van der Waals surface area contributed by atoms with E-state index in [-0.39, 0.29) is 12.1 Å². The van der Waals surface area contributed by atoms with E-state index in [9.17, 15) is 10.2 Å². The third-order valence-corrected chi connectivity index (χ3v) is 4.56. The molecule has 0 aromatic heterocycles. The van der Waals surface area contributed by atoms with Crippen LogP contribution >= 0.6 is 0 Å². The SMILES string of the molecule is C[C@@H]1C[C@H](N(Cc2ccccc2)Cc2ccccc2)[C@@H](O)[C@@H](O)O1. The second-order valence-electron chi connectivity index (χ2n) is 6.51. The van der Waals surface area contributed by atoms with Crippen molar-refractivity contribution in [1.82, 2.24) is 4.90 Å². The Morgan fingerprint density at radius 1 is 0.917 bits per heavy atom. The van der Waals surface area contributed by atoms with Gasteiger partial charge in [-0.25, -0.2) is 0 Å². The van der Waals surface area contributed by atoms with E-state index in [0.717, 1.165) is 13.1 Å². The zero-order chi connectivity index (χ0) is 16.9. The van der Waals surface area contributed by atoms with Crippen LogP contribution in [0.4, 0.5) is 0 Å². The average Bonchev–Trinajstić information content (AvgIpc) is 2.59. The van der Waals surface area contributed by atoms with Gasteiger partial charge in [-0.05, 0) is 24.5 Å². The molecule has 0 spiro atoms. The third-order valence-electron chi connectivity index (χ3n) is 4.56. The lowest BCUT2D eigenvalue weighted by molar-refractivity contribution is -0.234. The summed E-state index contributed by atoms with van der Waals surface area (Å²) in [6.45, 7) is 3.37. The highest BCUT2D eigenvalue weighted by molar-refractivity contribution is 5.17. The largest absolute Gasteiger partial charge is 0.386 e. The molecule has 0 saturated carbocycles. The van der Waals surface area contributed by atoms with E-state index in [4.69, 9.17) is 4.74 Å². The molecule has 1 fully saturated rings. The van der Waals surface area contributed by atoms with Crippen LogP contribution in [0.15, 0.2) is 60.7 Å². The molecule has 1 aliphatic rings. The van der Waals surface area contributed by atoms with Crippen LogP contribution in [-0.2, 0) is 17.8 Å². The van der Waals surface area contributed by atoms with Crippen molar-refractivity contribution in [3.8, 4) is 0 Å². The lowest BCUT2D eigenvalue weighted by Gasteiger charge is -2.42. The van der Waals surface area contributed by atoms with Crippen molar-refractivity contribution in [2.24, 2.45) is 0 Å². The first-order valence-corrected chi connectivity index (χ1v) is 8.47. The van der Waals surface area contributed by atoms with Gasteiger partial charge in [0.25, 0.3) is 0 Å². The topological polar surface area (TPSA) is 52.9 Å². The predicted octanol–water partition coefficient (Wildman–Crippen LogP) is 2.55. The van der Waals surface area contributed by atoms with Gasteiger partial charge in [-0.3, -0.25) is 4.90 Å². The molecule has 1 aliphatic heterocycles. The summed E-state index contributed by atoms with van der Waals surface area (Å²) in [4.78, 5) is 2.23. The summed E-state index contributed by atoms with van der Waals surface area (Å²) in [6, 6.07) is 20.3. The first-order chi connectivity index (χ1) is 11.6. The first-order valence-electron chi connectivity index (χ1n) is 8.47. The van der Waals surface area contributed by atoms with E-state index in [1.165, 1.54) is 11.1 Å². The minimum Gasteiger partial charge on any atom is -0.386 e. The van der Waals surface area contributed by atoms with Crippen LogP contribution in [0.3, 0.4) is 0 Å². The van der Waals surface area contributed by atoms with E-state index < -0.39 is 12.4 Å². The molecule has 24 heavy (non-hydrogen) atoms. The number of ether oxygens (including phenoxy) is 1. The molecule has 2 aromatic rings. The Balaban J connectivity index is 1.83. The number of hydrogen-bond acceptors (Lipinski definition) is 4. The van der Waals surface area contributed by atoms with Crippen LogP contribution in [0, 0.1) is 0 Å². The van der Waals surface area contributed by atoms with Gasteiger partial charge >= 0.3 is 0 Å². The van der Waals surface area contributed by atoms with E-state index in [1.54, 1.807) is 0 Å². The molecule has 0 amide bonds. The fourth-order valence-electron chi connectivity index (χ4n) is 3.33. The maximum Gasteiger partial charge on any atom is 0.182 e. The molecule has 0 radical (unpaired) electrons. The van der Waals surface area contributed by atoms with E-state index in [2.05, 4.69) is 29.2 Å². The number of hydrogen-bond donors (Lipinski definition) is 2. The lowest BCUT2D eigenvalue weighted by Crippen LogP contribution is -2.54. The van der Waals surface area contributed by atoms with Gasteiger partial charge < -0.3 is 14.9 Å². The van der Waals surface area contributed by atoms with Gasteiger partial charge in [-0.2, -0.15) is 0 Å². The summed E-state index contributed by atoms with van der Waals surface area (Å²) in [5, 5.41) is 20.5. The fraction of sp³-hybridized carbons (Fsp3) is 0.400. The van der Waals surface area contributed by atoms with Crippen LogP contribution in [0.25, 0.3) is 0 Å². The Kier molecular flexibility index (Phi) is 5.63. The molecule has 0 unspecified atom stereocenters. The summed E-state index contributed by atoms with van der Waals surface area (Å²) < 4.78 is 5.36. The quantitative estimate of drug-likeness (QED) is 0.886. The lowest BCUT2D eigenvalue weighted by atomic mass is 9.97.